The molecule has 0 radical (unpaired) electrons. The molecule has 1 aromatic heterocycles. The van der Waals surface area contributed by atoms with Gasteiger partial charge in [-0.05, 0) is 37.9 Å². The minimum atomic E-state index is -3.51. The molecule has 1 N–H and O–H groups in total. The summed E-state index contributed by atoms with van der Waals surface area (Å²) in [5.41, 5.74) is 1.10. The minimum absolute atomic E-state index is 0. The first-order chi connectivity index (χ1) is 12.1. The van der Waals surface area contributed by atoms with Crippen molar-refractivity contribution in [1.82, 2.24) is 19.4 Å². The van der Waals surface area contributed by atoms with E-state index in [4.69, 9.17) is 0 Å². The smallest absolute Gasteiger partial charge is 0.246 e. The van der Waals surface area contributed by atoms with Crippen LogP contribution in [0.4, 0.5) is 0 Å². The van der Waals surface area contributed by atoms with Crippen molar-refractivity contribution in [3.8, 4) is 0 Å². The molecule has 0 aliphatic carbocycles. The largest absolute Gasteiger partial charge is 0.317 e. The molecule has 144 valence electrons. The Bertz CT molecular complexity index is 773. The summed E-state index contributed by atoms with van der Waals surface area (Å²) in [5, 5.41) is 7.56. The SMILES string of the molecule is CCCN(C1CCNCC1)S(=O)(=O)c1cnn(Cc2ccccc2)c1.Cl. The molecule has 1 aromatic carbocycles. The summed E-state index contributed by atoms with van der Waals surface area (Å²) in [4.78, 5) is 0.287. The van der Waals surface area contributed by atoms with Crippen molar-refractivity contribution in [1.29, 1.82) is 0 Å². The molecule has 8 heteroatoms. The first kappa shape index (κ1) is 20.9. The molecule has 0 atom stereocenters. The number of nitrogens with one attached hydrogen (secondary N) is 1. The van der Waals surface area contributed by atoms with Gasteiger partial charge in [-0.2, -0.15) is 9.40 Å². The van der Waals surface area contributed by atoms with Gasteiger partial charge in [0, 0.05) is 18.8 Å². The fraction of sp³-hybridized carbons (Fsp3) is 0.500. The number of hydrogen-bond donors (Lipinski definition) is 1. The average molecular weight is 399 g/mol. The van der Waals surface area contributed by atoms with Crippen molar-refractivity contribution in [3.63, 3.8) is 0 Å². The molecule has 1 aliphatic heterocycles. The summed E-state index contributed by atoms with van der Waals surface area (Å²) in [6, 6.07) is 9.99. The van der Waals surface area contributed by atoms with E-state index in [0.29, 0.717) is 13.1 Å². The van der Waals surface area contributed by atoms with Crippen LogP contribution in [0.5, 0.6) is 0 Å². The van der Waals surface area contributed by atoms with Gasteiger partial charge in [-0.3, -0.25) is 4.68 Å². The van der Waals surface area contributed by atoms with Gasteiger partial charge in [0.1, 0.15) is 4.90 Å². The van der Waals surface area contributed by atoms with E-state index in [1.807, 2.05) is 37.3 Å². The van der Waals surface area contributed by atoms with Crippen LogP contribution in [0.15, 0.2) is 47.6 Å². The Morgan fingerprint density at radius 3 is 2.58 bits per heavy atom. The zero-order valence-corrected chi connectivity index (χ0v) is 16.7. The van der Waals surface area contributed by atoms with Gasteiger partial charge in [0.05, 0.1) is 12.7 Å². The van der Waals surface area contributed by atoms with Crippen LogP contribution in [0.25, 0.3) is 0 Å². The highest BCUT2D eigenvalue weighted by Gasteiger charge is 2.32. The van der Waals surface area contributed by atoms with Gasteiger partial charge in [-0.15, -0.1) is 12.4 Å². The van der Waals surface area contributed by atoms with Crippen LogP contribution in [0, 0.1) is 0 Å². The quantitative estimate of drug-likeness (QED) is 0.778. The Labute approximate surface area is 162 Å². The summed E-state index contributed by atoms with van der Waals surface area (Å²) in [5.74, 6) is 0. The second-order valence-corrected chi connectivity index (χ2v) is 8.35. The first-order valence-electron chi connectivity index (χ1n) is 8.90. The first-order valence-corrected chi connectivity index (χ1v) is 10.3. The van der Waals surface area contributed by atoms with E-state index in [1.165, 1.54) is 6.20 Å². The molecule has 2 heterocycles. The summed E-state index contributed by atoms with van der Waals surface area (Å²) in [6.45, 7) is 4.87. The van der Waals surface area contributed by atoms with Crippen molar-refractivity contribution >= 4 is 22.4 Å². The topological polar surface area (TPSA) is 67.2 Å². The Hall–Kier alpha value is -1.41. The van der Waals surface area contributed by atoms with Crippen molar-refractivity contribution in [2.24, 2.45) is 0 Å². The summed E-state index contributed by atoms with van der Waals surface area (Å²) in [7, 11) is -3.51. The molecular weight excluding hydrogens is 372 g/mol. The van der Waals surface area contributed by atoms with Crippen LogP contribution in [0.3, 0.4) is 0 Å². The highest BCUT2D eigenvalue weighted by atomic mass is 35.5. The predicted molar refractivity (Wildman–Crippen MR) is 105 cm³/mol. The molecule has 26 heavy (non-hydrogen) atoms. The average Bonchev–Trinajstić information content (AvgIpc) is 3.10. The molecule has 0 amide bonds. The molecule has 0 unspecified atom stereocenters. The van der Waals surface area contributed by atoms with Crippen molar-refractivity contribution < 1.29 is 8.42 Å². The molecule has 6 nitrogen and oxygen atoms in total. The lowest BCUT2D eigenvalue weighted by Gasteiger charge is -2.33. The summed E-state index contributed by atoms with van der Waals surface area (Å²) >= 11 is 0. The van der Waals surface area contributed by atoms with E-state index >= 15 is 0 Å². The Balaban J connectivity index is 0.00000243. The van der Waals surface area contributed by atoms with E-state index in [-0.39, 0.29) is 23.3 Å². The molecule has 0 saturated carbocycles. The molecule has 2 aromatic rings. The van der Waals surface area contributed by atoms with Crippen LogP contribution in [0.1, 0.15) is 31.7 Å². The van der Waals surface area contributed by atoms with Crippen molar-refractivity contribution in [2.45, 2.75) is 43.7 Å². The maximum atomic E-state index is 13.1. The van der Waals surface area contributed by atoms with E-state index in [2.05, 4.69) is 10.4 Å². The van der Waals surface area contributed by atoms with Crippen LogP contribution in [-0.4, -0.2) is 48.2 Å². The third-order valence-corrected chi connectivity index (χ3v) is 6.47. The second kappa shape index (κ2) is 9.50. The fourth-order valence-corrected chi connectivity index (χ4v) is 5.02. The van der Waals surface area contributed by atoms with Crippen LogP contribution in [0.2, 0.25) is 0 Å². The predicted octanol–water partition coefficient (Wildman–Crippen LogP) is 2.51. The van der Waals surface area contributed by atoms with Crippen molar-refractivity contribution in [3.05, 3.63) is 48.3 Å². The van der Waals surface area contributed by atoms with Gasteiger partial charge in [0.25, 0.3) is 0 Å². The number of piperidine rings is 1. The van der Waals surface area contributed by atoms with E-state index in [9.17, 15) is 8.42 Å². The Kier molecular flexibility index (Phi) is 7.64. The van der Waals surface area contributed by atoms with Gasteiger partial charge < -0.3 is 5.32 Å². The minimum Gasteiger partial charge on any atom is -0.317 e. The van der Waals surface area contributed by atoms with Crippen LogP contribution in [-0.2, 0) is 16.6 Å². The molecule has 1 fully saturated rings. The third kappa shape index (κ3) is 4.85. The molecule has 1 aliphatic rings. The third-order valence-electron chi connectivity index (χ3n) is 4.56. The molecule has 1 saturated heterocycles. The normalized spacial score (nSPS) is 15.8. The van der Waals surface area contributed by atoms with E-state index < -0.39 is 10.0 Å². The maximum Gasteiger partial charge on any atom is 0.246 e. The Morgan fingerprint density at radius 1 is 1.23 bits per heavy atom. The number of sulfonamides is 1. The zero-order chi connectivity index (χ0) is 17.7. The number of hydrogen-bond acceptors (Lipinski definition) is 4. The number of benzene rings is 1. The monoisotopic (exact) mass is 398 g/mol. The fourth-order valence-electron chi connectivity index (χ4n) is 3.28. The standard InChI is InChI=1S/C18H26N4O2S.ClH/c1-2-12-22(17-8-10-19-11-9-17)25(23,24)18-13-20-21(15-18)14-16-6-4-3-5-7-16;/h3-7,13,15,17,19H,2,8-12,14H2,1H3;1H. The Morgan fingerprint density at radius 2 is 1.92 bits per heavy atom. The lowest BCUT2D eigenvalue weighted by molar-refractivity contribution is 0.262. The van der Waals surface area contributed by atoms with E-state index in [1.54, 1.807) is 15.2 Å². The lowest BCUT2D eigenvalue weighted by Crippen LogP contribution is -2.46. The number of halogens is 1. The molecular formula is C18H27ClN4O2S. The van der Waals surface area contributed by atoms with Gasteiger partial charge in [0.2, 0.25) is 10.0 Å². The van der Waals surface area contributed by atoms with Crippen LogP contribution < -0.4 is 5.32 Å². The summed E-state index contributed by atoms with van der Waals surface area (Å²) in [6.07, 6.45) is 5.64. The zero-order valence-electron chi connectivity index (χ0n) is 15.0. The highest BCUT2D eigenvalue weighted by Crippen LogP contribution is 2.22. The number of rotatable bonds is 7. The van der Waals surface area contributed by atoms with Crippen LogP contribution >= 0.6 is 12.4 Å². The molecule has 0 bridgehead atoms. The van der Waals surface area contributed by atoms with Gasteiger partial charge in [-0.25, -0.2) is 8.42 Å². The summed E-state index contributed by atoms with van der Waals surface area (Å²) < 4.78 is 29.6. The molecule has 0 spiro atoms. The van der Waals surface area contributed by atoms with Gasteiger partial charge in [-0.1, -0.05) is 37.3 Å². The van der Waals surface area contributed by atoms with Gasteiger partial charge in [0.15, 0.2) is 0 Å². The van der Waals surface area contributed by atoms with E-state index in [0.717, 1.165) is 37.9 Å². The van der Waals surface area contributed by atoms with Gasteiger partial charge >= 0.3 is 0 Å². The number of aromatic nitrogens is 2. The maximum absolute atomic E-state index is 13.1. The number of nitrogens with zero attached hydrogens (tertiary/aromatic N) is 3. The highest BCUT2D eigenvalue weighted by molar-refractivity contribution is 7.89. The van der Waals surface area contributed by atoms with Crippen molar-refractivity contribution in [2.75, 3.05) is 19.6 Å². The molecule has 3 rings (SSSR count). The lowest BCUT2D eigenvalue weighted by atomic mass is 10.1. The second-order valence-electron chi connectivity index (χ2n) is 6.46.